The third-order valence-corrected chi connectivity index (χ3v) is 2.84. The molecule has 0 aromatic heterocycles. The van der Waals surface area contributed by atoms with Gasteiger partial charge in [-0.1, -0.05) is 23.7 Å². The van der Waals surface area contributed by atoms with Gasteiger partial charge in [-0.25, -0.2) is 8.78 Å². The molecule has 1 aromatic carbocycles. The number of rotatable bonds is 2. The number of halogens is 3. The second kappa shape index (κ2) is 4.06. The Morgan fingerprint density at radius 2 is 2.00 bits per heavy atom. The highest BCUT2D eigenvalue weighted by molar-refractivity contribution is 6.30. The largest absolute Gasteiger partial charge is 0.308 e. The third kappa shape index (κ3) is 2.89. The summed E-state index contributed by atoms with van der Waals surface area (Å²) in [4.78, 5) is 0. The highest BCUT2D eigenvalue weighted by atomic mass is 35.5. The van der Waals surface area contributed by atoms with Crippen LogP contribution in [0.3, 0.4) is 0 Å². The molecule has 0 aliphatic carbocycles. The molecule has 1 atom stereocenters. The third-order valence-electron chi connectivity index (χ3n) is 2.59. The molecule has 4 heteroatoms. The maximum atomic E-state index is 12.9. The standard InChI is InChI=1S/C11H12ClF2N/c12-9-3-1-8(2-4-9)5-10-6-11(13,14)7-15-10/h1-4,10,15H,5-7H2. The maximum absolute atomic E-state index is 12.9. The summed E-state index contributed by atoms with van der Waals surface area (Å²) in [7, 11) is 0. The van der Waals surface area contributed by atoms with Crippen molar-refractivity contribution in [1.29, 1.82) is 0 Å². The Kier molecular flexibility index (Phi) is 2.94. The number of hydrogen-bond acceptors (Lipinski definition) is 1. The van der Waals surface area contributed by atoms with Crippen LogP contribution >= 0.6 is 11.6 Å². The first kappa shape index (κ1) is 10.8. The molecule has 1 aliphatic heterocycles. The molecule has 2 rings (SSSR count). The Balaban J connectivity index is 1.96. The SMILES string of the molecule is FC1(F)CNC(Cc2ccc(Cl)cc2)C1. The van der Waals surface area contributed by atoms with Crippen LogP contribution in [0.4, 0.5) is 8.78 Å². The van der Waals surface area contributed by atoms with Crippen LogP contribution in [-0.2, 0) is 6.42 Å². The van der Waals surface area contributed by atoms with Crippen molar-refractivity contribution in [3.8, 4) is 0 Å². The van der Waals surface area contributed by atoms with Gasteiger partial charge in [-0.2, -0.15) is 0 Å². The number of hydrogen-bond donors (Lipinski definition) is 1. The fourth-order valence-electron chi connectivity index (χ4n) is 1.85. The van der Waals surface area contributed by atoms with E-state index in [2.05, 4.69) is 5.32 Å². The van der Waals surface area contributed by atoms with Gasteiger partial charge in [0.25, 0.3) is 5.92 Å². The van der Waals surface area contributed by atoms with Gasteiger partial charge in [0.15, 0.2) is 0 Å². The van der Waals surface area contributed by atoms with E-state index in [4.69, 9.17) is 11.6 Å². The van der Waals surface area contributed by atoms with Crippen LogP contribution in [0.15, 0.2) is 24.3 Å². The average molecular weight is 232 g/mol. The molecule has 1 N–H and O–H groups in total. The van der Waals surface area contributed by atoms with Gasteiger partial charge in [-0.15, -0.1) is 0 Å². The number of alkyl halides is 2. The smallest absolute Gasteiger partial charge is 0.261 e. The minimum absolute atomic E-state index is 0.0738. The average Bonchev–Trinajstić information content (AvgIpc) is 2.50. The molecule has 0 bridgehead atoms. The van der Waals surface area contributed by atoms with Gasteiger partial charge in [-0.3, -0.25) is 0 Å². The Morgan fingerprint density at radius 1 is 1.33 bits per heavy atom. The summed E-state index contributed by atoms with van der Waals surface area (Å²) in [6.07, 6.45) is 0.558. The Hall–Kier alpha value is -0.670. The summed E-state index contributed by atoms with van der Waals surface area (Å²) in [5.41, 5.74) is 1.04. The molecule has 1 heterocycles. The van der Waals surface area contributed by atoms with Gasteiger partial charge < -0.3 is 5.32 Å². The minimum Gasteiger partial charge on any atom is -0.308 e. The first-order valence-electron chi connectivity index (χ1n) is 4.91. The first-order valence-corrected chi connectivity index (χ1v) is 5.29. The summed E-state index contributed by atoms with van der Waals surface area (Å²) >= 11 is 5.74. The lowest BCUT2D eigenvalue weighted by atomic mass is 10.0. The van der Waals surface area contributed by atoms with Crippen molar-refractivity contribution in [1.82, 2.24) is 5.32 Å². The van der Waals surface area contributed by atoms with Gasteiger partial charge in [0.05, 0.1) is 6.54 Å². The molecule has 15 heavy (non-hydrogen) atoms. The van der Waals surface area contributed by atoms with Gasteiger partial charge in [0.2, 0.25) is 0 Å². The summed E-state index contributed by atoms with van der Waals surface area (Å²) in [5, 5.41) is 3.50. The quantitative estimate of drug-likeness (QED) is 0.825. The van der Waals surface area contributed by atoms with Gasteiger partial charge in [-0.05, 0) is 24.1 Å². The molecule has 1 aromatic rings. The lowest BCUT2D eigenvalue weighted by Crippen LogP contribution is -2.24. The second-order valence-corrected chi connectivity index (χ2v) is 4.40. The van der Waals surface area contributed by atoms with E-state index in [1.807, 2.05) is 12.1 Å². The molecule has 1 unspecified atom stereocenters. The van der Waals surface area contributed by atoms with E-state index in [-0.39, 0.29) is 19.0 Å². The van der Waals surface area contributed by atoms with Crippen LogP contribution in [0, 0.1) is 0 Å². The van der Waals surface area contributed by atoms with Crippen molar-refractivity contribution < 1.29 is 8.78 Å². The van der Waals surface area contributed by atoms with Crippen LogP contribution in [0.1, 0.15) is 12.0 Å². The summed E-state index contributed by atoms with van der Waals surface area (Å²) in [6.45, 7) is -0.203. The highest BCUT2D eigenvalue weighted by Crippen LogP contribution is 2.26. The van der Waals surface area contributed by atoms with Crippen molar-refractivity contribution in [3.05, 3.63) is 34.9 Å². The van der Waals surface area contributed by atoms with Crippen LogP contribution < -0.4 is 5.32 Å². The molecular formula is C11H12ClF2N. The zero-order chi connectivity index (χ0) is 10.9. The van der Waals surface area contributed by atoms with Crippen LogP contribution in [0.5, 0.6) is 0 Å². The van der Waals surface area contributed by atoms with Gasteiger partial charge in [0, 0.05) is 17.5 Å². The predicted octanol–water partition coefficient (Wildman–Crippen LogP) is 2.88. The van der Waals surface area contributed by atoms with Crippen molar-refractivity contribution in [2.24, 2.45) is 0 Å². The lowest BCUT2D eigenvalue weighted by molar-refractivity contribution is 0.0211. The van der Waals surface area contributed by atoms with Crippen LogP contribution in [0.25, 0.3) is 0 Å². The minimum atomic E-state index is -2.54. The zero-order valence-electron chi connectivity index (χ0n) is 8.14. The zero-order valence-corrected chi connectivity index (χ0v) is 8.90. The second-order valence-electron chi connectivity index (χ2n) is 3.97. The molecule has 0 spiro atoms. The van der Waals surface area contributed by atoms with Crippen molar-refractivity contribution >= 4 is 11.6 Å². The monoisotopic (exact) mass is 231 g/mol. The summed E-state index contributed by atoms with van der Waals surface area (Å²) < 4.78 is 25.8. The molecule has 1 saturated heterocycles. The fraction of sp³-hybridized carbons (Fsp3) is 0.455. The first-order chi connectivity index (χ1) is 7.05. The fourth-order valence-corrected chi connectivity index (χ4v) is 1.97. The Morgan fingerprint density at radius 3 is 2.53 bits per heavy atom. The molecule has 1 nitrogen and oxygen atoms in total. The van der Waals surface area contributed by atoms with Crippen LogP contribution in [-0.4, -0.2) is 18.5 Å². The van der Waals surface area contributed by atoms with E-state index in [9.17, 15) is 8.78 Å². The van der Waals surface area contributed by atoms with Gasteiger partial charge >= 0.3 is 0 Å². The van der Waals surface area contributed by atoms with Crippen molar-refractivity contribution in [3.63, 3.8) is 0 Å². The van der Waals surface area contributed by atoms with E-state index < -0.39 is 5.92 Å². The molecule has 82 valence electrons. The molecule has 1 aliphatic rings. The molecule has 0 amide bonds. The van der Waals surface area contributed by atoms with Gasteiger partial charge in [0.1, 0.15) is 0 Å². The lowest BCUT2D eigenvalue weighted by Gasteiger charge is -2.10. The van der Waals surface area contributed by atoms with E-state index in [1.54, 1.807) is 12.1 Å². The van der Waals surface area contributed by atoms with Crippen LogP contribution in [0.2, 0.25) is 5.02 Å². The molecule has 0 saturated carbocycles. The summed E-state index contributed by atoms with van der Waals surface area (Å²) in [5.74, 6) is -2.54. The predicted molar refractivity (Wildman–Crippen MR) is 56.5 cm³/mol. The normalized spacial score (nSPS) is 24.3. The topological polar surface area (TPSA) is 12.0 Å². The van der Waals surface area contributed by atoms with E-state index in [0.29, 0.717) is 11.4 Å². The van der Waals surface area contributed by atoms with Crippen molar-refractivity contribution in [2.45, 2.75) is 24.8 Å². The summed E-state index contributed by atoms with van der Waals surface area (Å²) in [6, 6.07) is 7.19. The van der Waals surface area contributed by atoms with Crippen molar-refractivity contribution in [2.75, 3.05) is 6.54 Å². The number of benzene rings is 1. The van der Waals surface area contributed by atoms with E-state index >= 15 is 0 Å². The highest BCUT2D eigenvalue weighted by Gasteiger charge is 2.38. The van der Waals surface area contributed by atoms with E-state index in [1.165, 1.54) is 0 Å². The maximum Gasteiger partial charge on any atom is 0.261 e. The molecule has 0 radical (unpaired) electrons. The Labute approximate surface area is 92.4 Å². The molecule has 1 fully saturated rings. The van der Waals surface area contributed by atoms with E-state index in [0.717, 1.165) is 5.56 Å². The number of nitrogens with one attached hydrogen (secondary N) is 1. The Bertz CT molecular complexity index is 337. The molecular weight excluding hydrogens is 220 g/mol.